The molecule has 0 atom stereocenters. The van der Waals surface area contributed by atoms with E-state index in [0.717, 1.165) is 10.2 Å². The van der Waals surface area contributed by atoms with Gasteiger partial charge < -0.3 is 5.11 Å². The lowest BCUT2D eigenvalue weighted by Gasteiger charge is -2.18. The first-order valence-corrected chi connectivity index (χ1v) is 8.43. The lowest BCUT2D eigenvalue weighted by atomic mass is 9.87. The van der Waals surface area contributed by atoms with Crippen LogP contribution in [-0.2, 0) is 5.41 Å². The van der Waals surface area contributed by atoms with E-state index < -0.39 is 0 Å². The van der Waals surface area contributed by atoms with Crippen molar-refractivity contribution in [3.05, 3.63) is 56.5 Å². The Morgan fingerprint density at radius 1 is 1.09 bits per heavy atom. The average molecular weight is 426 g/mol. The summed E-state index contributed by atoms with van der Waals surface area (Å²) >= 11 is 6.69. The van der Waals surface area contributed by atoms with Gasteiger partial charge in [0.25, 0.3) is 0 Å². The number of aromatic hydroxyl groups is 1. The summed E-state index contributed by atoms with van der Waals surface area (Å²) in [7, 11) is 0. The smallest absolute Gasteiger partial charge is 0.138 e. The van der Waals surface area contributed by atoms with Crippen LogP contribution in [0.1, 0.15) is 31.9 Å². The van der Waals surface area contributed by atoms with Crippen molar-refractivity contribution in [2.45, 2.75) is 26.2 Å². The van der Waals surface area contributed by atoms with E-state index in [1.807, 2.05) is 12.1 Å². The Hall–Kier alpha value is -1.33. The van der Waals surface area contributed by atoms with Gasteiger partial charge in [0.15, 0.2) is 0 Å². The van der Waals surface area contributed by atoms with Crippen LogP contribution in [0.4, 0.5) is 5.69 Å². The molecule has 0 aliphatic heterocycles. The highest BCUT2D eigenvalue weighted by Gasteiger charge is 2.12. The van der Waals surface area contributed by atoms with Gasteiger partial charge in [0.2, 0.25) is 0 Å². The van der Waals surface area contributed by atoms with Gasteiger partial charge in [-0.25, -0.2) is 0 Å². The van der Waals surface area contributed by atoms with Crippen molar-refractivity contribution in [1.29, 1.82) is 0 Å². The Morgan fingerprint density at radius 3 is 2.32 bits per heavy atom. The number of phenolic OH excluding ortho intramolecular Hbond substituents is 1. The number of nitrogens with one attached hydrogen (secondary N) is 1. The number of hydrazone groups is 1. The summed E-state index contributed by atoms with van der Waals surface area (Å²) in [5.74, 6) is 0.164. The molecule has 0 fully saturated rings. The van der Waals surface area contributed by atoms with Gasteiger partial charge in [-0.3, -0.25) is 5.43 Å². The molecule has 0 saturated carbocycles. The molecule has 5 heteroatoms. The first-order chi connectivity index (χ1) is 10.3. The molecule has 0 heterocycles. The number of rotatable bonds is 3. The molecular formula is C17H18Br2N2O. The van der Waals surface area contributed by atoms with E-state index in [2.05, 4.69) is 75.3 Å². The Balaban J connectivity index is 2.10. The van der Waals surface area contributed by atoms with Crippen molar-refractivity contribution in [3.8, 4) is 5.75 Å². The largest absolute Gasteiger partial charge is 0.506 e. The van der Waals surface area contributed by atoms with Gasteiger partial charge in [-0.1, -0.05) is 48.8 Å². The molecule has 0 aromatic heterocycles. The van der Waals surface area contributed by atoms with Crippen LogP contribution in [0.25, 0.3) is 0 Å². The van der Waals surface area contributed by atoms with E-state index >= 15 is 0 Å². The third-order valence-corrected chi connectivity index (χ3v) is 4.27. The second-order valence-electron chi connectivity index (χ2n) is 6.02. The van der Waals surface area contributed by atoms with Gasteiger partial charge in [0, 0.05) is 10.0 Å². The zero-order valence-electron chi connectivity index (χ0n) is 12.7. The fourth-order valence-corrected chi connectivity index (χ4v) is 3.16. The molecule has 3 nitrogen and oxygen atoms in total. The number of hydrogen-bond donors (Lipinski definition) is 2. The molecule has 0 unspecified atom stereocenters. The Bertz CT molecular complexity index is 689. The third-order valence-electron chi connectivity index (χ3n) is 3.21. The average Bonchev–Trinajstić information content (AvgIpc) is 2.43. The lowest BCUT2D eigenvalue weighted by molar-refractivity contribution is 0.471. The first kappa shape index (κ1) is 17.0. The maximum atomic E-state index is 9.96. The second kappa shape index (κ2) is 6.84. The van der Waals surface area contributed by atoms with Crippen molar-refractivity contribution < 1.29 is 5.11 Å². The molecule has 2 aromatic carbocycles. The van der Waals surface area contributed by atoms with Crippen molar-refractivity contribution >= 4 is 43.8 Å². The van der Waals surface area contributed by atoms with Gasteiger partial charge in [-0.05, 0) is 51.2 Å². The molecule has 22 heavy (non-hydrogen) atoms. The highest BCUT2D eigenvalue weighted by molar-refractivity contribution is 9.11. The van der Waals surface area contributed by atoms with Crippen molar-refractivity contribution in [2.24, 2.45) is 5.10 Å². The number of halogens is 2. The van der Waals surface area contributed by atoms with Crippen LogP contribution < -0.4 is 5.43 Å². The van der Waals surface area contributed by atoms with Crippen LogP contribution in [0.3, 0.4) is 0 Å². The molecule has 0 saturated heterocycles. The molecule has 2 N–H and O–H groups in total. The molecule has 2 rings (SSSR count). The van der Waals surface area contributed by atoms with Gasteiger partial charge in [0.1, 0.15) is 5.75 Å². The van der Waals surface area contributed by atoms with Crippen LogP contribution >= 0.6 is 31.9 Å². The number of benzene rings is 2. The van der Waals surface area contributed by atoms with Crippen LogP contribution in [-0.4, -0.2) is 11.3 Å². The number of anilines is 1. The van der Waals surface area contributed by atoms with Gasteiger partial charge in [-0.15, -0.1) is 0 Å². The van der Waals surface area contributed by atoms with Crippen LogP contribution in [0, 0.1) is 0 Å². The number of hydrogen-bond acceptors (Lipinski definition) is 3. The predicted molar refractivity (Wildman–Crippen MR) is 99.9 cm³/mol. The summed E-state index contributed by atoms with van der Waals surface area (Å²) in [5, 5.41) is 14.1. The first-order valence-electron chi connectivity index (χ1n) is 6.85. The zero-order valence-corrected chi connectivity index (χ0v) is 15.9. The minimum atomic E-state index is 0.135. The number of phenols is 1. The minimum absolute atomic E-state index is 0.135. The second-order valence-corrected chi connectivity index (χ2v) is 7.79. The molecule has 116 valence electrons. The molecular weight excluding hydrogens is 408 g/mol. The maximum absolute atomic E-state index is 9.96. The molecule has 2 aromatic rings. The fraction of sp³-hybridized carbons (Fsp3) is 0.235. The van der Waals surface area contributed by atoms with Crippen LogP contribution in [0.2, 0.25) is 0 Å². The summed E-state index contributed by atoms with van der Waals surface area (Å²) in [6, 6.07) is 11.7. The summed E-state index contributed by atoms with van der Waals surface area (Å²) in [6.45, 7) is 6.55. The van der Waals surface area contributed by atoms with Gasteiger partial charge in [-0.2, -0.15) is 5.10 Å². The summed E-state index contributed by atoms with van der Waals surface area (Å²) < 4.78 is 1.49. The Morgan fingerprint density at radius 2 is 1.73 bits per heavy atom. The maximum Gasteiger partial charge on any atom is 0.138 e. The van der Waals surface area contributed by atoms with E-state index in [1.165, 1.54) is 5.56 Å². The van der Waals surface area contributed by atoms with E-state index in [9.17, 15) is 5.11 Å². The van der Waals surface area contributed by atoms with E-state index in [1.54, 1.807) is 18.3 Å². The Labute approximate surface area is 147 Å². The Kier molecular flexibility index (Phi) is 5.29. The third kappa shape index (κ3) is 4.34. The minimum Gasteiger partial charge on any atom is -0.506 e. The topological polar surface area (TPSA) is 44.6 Å². The molecule has 0 aliphatic rings. The van der Waals surface area contributed by atoms with Gasteiger partial charge >= 0.3 is 0 Å². The predicted octanol–water partition coefficient (Wildman–Crippen LogP) is 5.66. The zero-order chi connectivity index (χ0) is 16.3. The van der Waals surface area contributed by atoms with E-state index in [0.29, 0.717) is 10.0 Å². The van der Waals surface area contributed by atoms with Crippen molar-refractivity contribution in [1.82, 2.24) is 0 Å². The molecule has 0 aliphatic carbocycles. The fourth-order valence-electron chi connectivity index (χ4n) is 1.91. The quantitative estimate of drug-likeness (QED) is 0.492. The van der Waals surface area contributed by atoms with Crippen LogP contribution in [0.5, 0.6) is 5.75 Å². The highest BCUT2D eigenvalue weighted by atomic mass is 79.9. The van der Waals surface area contributed by atoms with E-state index in [4.69, 9.17) is 0 Å². The van der Waals surface area contributed by atoms with Crippen molar-refractivity contribution in [3.63, 3.8) is 0 Å². The standard InChI is InChI=1S/C17H18Br2N2O/c1-17(2,3)12-4-6-14(7-5-12)21-20-10-11-8-13(18)9-15(19)16(11)22/h4-10,21-22H,1-3H3/b20-10+. The normalized spacial score (nSPS) is 11.9. The SMILES string of the molecule is CC(C)(C)c1ccc(N/N=C/c2cc(Br)cc(Br)c2O)cc1. The van der Waals surface area contributed by atoms with E-state index in [-0.39, 0.29) is 11.2 Å². The molecule has 0 spiro atoms. The monoisotopic (exact) mass is 424 g/mol. The van der Waals surface area contributed by atoms with Crippen molar-refractivity contribution in [2.75, 3.05) is 5.43 Å². The molecule has 0 radical (unpaired) electrons. The highest BCUT2D eigenvalue weighted by Crippen LogP contribution is 2.30. The number of nitrogens with zero attached hydrogens (tertiary/aromatic N) is 1. The van der Waals surface area contributed by atoms with Crippen LogP contribution in [0.15, 0.2) is 50.4 Å². The molecule has 0 amide bonds. The lowest BCUT2D eigenvalue weighted by Crippen LogP contribution is -2.10. The summed E-state index contributed by atoms with van der Waals surface area (Å²) in [4.78, 5) is 0. The molecule has 0 bridgehead atoms. The summed E-state index contributed by atoms with van der Waals surface area (Å²) in [6.07, 6.45) is 1.59. The van der Waals surface area contributed by atoms with Gasteiger partial charge in [0.05, 0.1) is 16.4 Å². The summed E-state index contributed by atoms with van der Waals surface area (Å²) in [5.41, 5.74) is 5.90.